The highest BCUT2D eigenvalue weighted by atomic mass is 32.1. The van der Waals surface area contributed by atoms with E-state index in [0.29, 0.717) is 17.9 Å². The topological polar surface area (TPSA) is 58.6 Å². The number of ether oxygens (including phenoxy) is 1. The van der Waals surface area contributed by atoms with Crippen LogP contribution in [0, 0.1) is 5.82 Å². The summed E-state index contributed by atoms with van der Waals surface area (Å²) in [5.74, 6) is -1.30. The highest BCUT2D eigenvalue weighted by Crippen LogP contribution is 2.25. The van der Waals surface area contributed by atoms with E-state index < -0.39 is 17.6 Å². The largest absolute Gasteiger partial charge is 0.489 e. The predicted octanol–water partition coefficient (Wildman–Crippen LogP) is 5.39. The van der Waals surface area contributed by atoms with Gasteiger partial charge in [-0.2, -0.15) is 0 Å². The van der Waals surface area contributed by atoms with E-state index in [9.17, 15) is 14.0 Å². The van der Waals surface area contributed by atoms with Crippen LogP contribution >= 0.6 is 12.2 Å². The van der Waals surface area contributed by atoms with Gasteiger partial charge >= 0.3 is 0 Å². The van der Waals surface area contributed by atoms with Crippen LogP contribution in [0.1, 0.15) is 11.1 Å². The van der Waals surface area contributed by atoms with Gasteiger partial charge in [-0.05, 0) is 64.5 Å². The minimum absolute atomic E-state index is 0.0226. The first-order valence-corrected chi connectivity index (χ1v) is 11.3. The monoisotopic (exact) mass is 482 g/mol. The predicted molar refractivity (Wildman–Crippen MR) is 137 cm³/mol. The molecule has 1 heterocycles. The van der Waals surface area contributed by atoms with Gasteiger partial charge in [0.2, 0.25) is 0 Å². The fourth-order valence-corrected chi connectivity index (χ4v) is 4.19. The first kappa shape index (κ1) is 22.4. The molecule has 172 valence electrons. The number of thiocarbonyl (C=S) groups is 1. The van der Waals surface area contributed by atoms with Crippen LogP contribution in [0.3, 0.4) is 0 Å². The molecule has 4 aromatic carbocycles. The van der Waals surface area contributed by atoms with Gasteiger partial charge in [-0.15, -0.1) is 0 Å². The zero-order chi connectivity index (χ0) is 24.4. The SMILES string of the molecule is O=C1NC(=S)N(c2ccccc2F)C(=O)/C1=C/c1ccc(OCc2cccc3ccccc23)cc1. The second-order valence-corrected chi connectivity index (χ2v) is 8.29. The molecule has 1 fully saturated rings. The van der Waals surface area contributed by atoms with Crippen LogP contribution in [0.2, 0.25) is 0 Å². The van der Waals surface area contributed by atoms with Gasteiger partial charge in [0.15, 0.2) is 5.11 Å². The fourth-order valence-electron chi connectivity index (χ4n) is 3.92. The number of rotatable bonds is 5. The van der Waals surface area contributed by atoms with E-state index >= 15 is 0 Å². The van der Waals surface area contributed by atoms with E-state index in [1.165, 1.54) is 24.3 Å². The Morgan fingerprint density at radius 2 is 1.60 bits per heavy atom. The number of carbonyl (C=O) groups is 2. The van der Waals surface area contributed by atoms with Gasteiger partial charge < -0.3 is 4.74 Å². The van der Waals surface area contributed by atoms with Crippen molar-refractivity contribution in [2.24, 2.45) is 0 Å². The van der Waals surface area contributed by atoms with E-state index in [1.54, 1.807) is 30.3 Å². The molecule has 0 bridgehead atoms. The van der Waals surface area contributed by atoms with Crippen molar-refractivity contribution in [2.75, 3.05) is 4.90 Å². The number of halogens is 1. The minimum Gasteiger partial charge on any atom is -0.489 e. The molecule has 0 atom stereocenters. The number of amides is 2. The Hall–Kier alpha value is -4.36. The summed E-state index contributed by atoms with van der Waals surface area (Å²) in [4.78, 5) is 26.5. The molecule has 0 saturated carbocycles. The molecule has 0 unspecified atom stereocenters. The number of para-hydroxylation sites is 1. The van der Waals surface area contributed by atoms with Gasteiger partial charge in [-0.3, -0.25) is 14.9 Å². The molecule has 1 aliphatic rings. The molecule has 4 aromatic rings. The fraction of sp³-hybridized carbons (Fsp3) is 0.0357. The van der Waals surface area contributed by atoms with Crippen molar-refractivity contribution in [1.82, 2.24) is 5.32 Å². The second-order valence-electron chi connectivity index (χ2n) is 7.91. The van der Waals surface area contributed by atoms with Gasteiger partial charge in [-0.1, -0.05) is 66.7 Å². The maximum Gasteiger partial charge on any atom is 0.270 e. The zero-order valence-electron chi connectivity index (χ0n) is 18.4. The van der Waals surface area contributed by atoms with Gasteiger partial charge in [0.1, 0.15) is 23.7 Å². The van der Waals surface area contributed by atoms with Crippen molar-refractivity contribution in [1.29, 1.82) is 0 Å². The Morgan fingerprint density at radius 1 is 0.886 bits per heavy atom. The number of fused-ring (bicyclic) bond motifs is 1. The molecule has 0 radical (unpaired) electrons. The third kappa shape index (κ3) is 4.54. The van der Waals surface area contributed by atoms with Crippen LogP contribution in [0.4, 0.5) is 10.1 Å². The van der Waals surface area contributed by atoms with Crippen LogP contribution in [0.25, 0.3) is 16.8 Å². The van der Waals surface area contributed by atoms with E-state index in [2.05, 4.69) is 23.5 Å². The maximum absolute atomic E-state index is 14.3. The third-order valence-electron chi connectivity index (χ3n) is 5.66. The molecule has 1 N–H and O–H groups in total. The van der Waals surface area contributed by atoms with E-state index in [-0.39, 0.29) is 16.4 Å². The smallest absolute Gasteiger partial charge is 0.270 e. The lowest BCUT2D eigenvalue weighted by Crippen LogP contribution is -2.54. The number of hydrogen-bond donors (Lipinski definition) is 1. The lowest BCUT2D eigenvalue weighted by atomic mass is 10.1. The molecule has 0 aliphatic carbocycles. The van der Waals surface area contributed by atoms with Crippen molar-refractivity contribution in [3.05, 3.63) is 114 Å². The number of nitrogens with one attached hydrogen (secondary N) is 1. The normalized spacial score (nSPS) is 14.9. The van der Waals surface area contributed by atoms with Crippen molar-refractivity contribution in [3.63, 3.8) is 0 Å². The molecule has 5 rings (SSSR count). The number of hydrogen-bond acceptors (Lipinski definition) is 4. The van der Waals surface area contributed by atoms with Crippen molar-refractivity contribution >= 4 is 51.7 Å². The molecule has 0 aromatic heterocycles. The van der Waals surface area contributed by atoms with Crippen molar-refractivity contribution in [3.8, 4) is 5.75 Å². The standard InChI is InChI=1S/C28H19FN2O3S/c29-24-10-3-4-11-25(24)31-27(33)23(26(32)30-28(31)35)16-18-12-14-21(15-13-18)34-17-20-8-5-7-19-6-1-2-9-22(19)20/h1-16H,17H2,(H,30,32,35)/b23-16+. The maximum atomic E-state index is 14.3. The van der Waals surface area contributed by atoms with Crippen molar-refractivity contribution < 1.29 is 18.7 Å². The second kappa shape index (κ2) is 9.48. The molecule has 2 amide bonds. The van der Waals surface area contributed by atoms with E-state index in [1.807, 2.05) is 24.3 Å². The summed E-state index contributed by atoms with van der Waals surface area (Å²) >= 11 is 5.12. The number of anilines is 1. The Bertz CT molecular complexity index is 1490. The Balaban J connectivity index is 1.35. The van der Waals surface area contributed by atoms with Gasteiger partial charge in [0.05, 0.1) is 5.69 Å². The summed E-state index contributed by atoms with van der Waals surface area (Å²) in [5.41, 5.74) is 1.52. The highest BCUT2D eigenvalue weighted by molar-refractivity contribution is 7.80. The molecular weight excluding hydrogens is 463 g/mol. The summed E-state index contributed by atoms with van der Waals surface area (Å²) in [6.45, 7) is 0.401. The first-order valence-electron chi connectivity index (χ1n) is 10.9. The summed E-state index contributed by atoms with van der Waals surface area (Å²) in [6, 6.07) is 27.0. The van der Waals surface area contributed by atoms with Crippen molar-refractivity contribution in [2.45, 2.75) is 6.61 Å². The van der Waals surface area contributed by atoms with E-state index in [0.717, 1.165) is 21.2 Å². The van der Waals surface area contributed by atoms with E-state index in [4.69, 9.17) is 17.0 Å². The summed E-state index contributed by atoms with van der Waals surface area (Å²) < 4.78 is 20.3. The molecule has 35 heavy (non-hydrogen) atoms. The Labute approximate surface area is 206 Å². The van der Waals surface area contributed by atoms with Gasteiger partial charge in [0.25, 0.3) is 11.8 Å². The lowest BCUT2D eigenvalue weighted by Gasteiger charge is -2.29. The summed E-state index contributed by atoms with van der Waals surface area (Å²) in [5, 5.41) is 4.57. The lowest BCUT2D eigenvalue weighted by molar-refractivity contribution is -0.122. The zero-order valence-corrected chi connectivity index (χ0v) is 19.2. The summed E-state index contributed by atoms with van der Waals surface area (Å²) in [7, 11) is 0. The Morgan fingerprint density at radius 3 is 2.40 bits per heavy atom. The number of carbonyl (C=O) groups excluding carboxylic acids is 2. The highest BCUT2D eigenvalue weighted by Gasteiger charge is 2.35. The molecule has 0 spiro atoms. The molecule has 7 heteroatoms. The molecular formula is C28H19FN2O3S. The Kier molecular flexibility index (Phi) is 6.08. The average Bonchev–Trinajstić information content (AvgIpc) is 2.87. The van der Waals surface area contributed by atoms with Crippen LogP contribution < -0.4 is 15.0 Å². The third-order valence-corrected chi connectivity index (χ3v) is 5.95. The van der Waals surface area contributed by atoms with Crippen LogP contribution in [0.5, 0.6) is 5.75 Å². The molecule has 1 saturated heterocycles. The molecule has 1 aliphatic heterocycles. The van der Waals surface area contributed by atoms with Crippen LogP contribution in [-0.2, 0) is 16.2 Å². The van der Waals surface area contributed by atoms with Gasteiger partial charge in [0, 0.05) is 0 Å². The van der Waals surface area contributed by atoms with Crippen LogP contribution in [0.15, 0.2) is 96.6 Å². The molecule has 5 nitrogen and oxygen atoms in total. The average molecular weight is 483 g/mol. The number of nitrogens with zero attached hydrogens (tertiary/aromatic N) is 1. The summed E-state index contributed by atoms with van der Waals surface area (Å²) in [6.07, 6.45) is 1.45. The van der Waals surface area contributed by atoms with Crippen LogP contribution in [-0.4, -0.2) is 16.9 Å². The first-order chi connectivity index (χ1) is 17.0. The quantitative estimate of drug-likeness (QED) is 0.235. The van der Waals surface area contributed by atoms with Gasteiger partial charge in [-0.25, -0.2) is 9.29 Å². The minimum atomic E-state index is -0.694. The number of benzene rings is 4.